The Labute approximate surface area is 142 Å². The van der Waals surface area contributed by atoms with Gasteiger partial charge >= 0.3 is 0 Å². The molecule has 0 spiro atoms. The van der Waals surface area contributed by atoms with Gasteiger partial charge in [0.1, 0.15) is 5.75 Å². The fourth-order valence-corrected chi connectivity index (χ4v) is 3.52. The number of carbonyl (C=O) groups is 1. The number of nitrogens with zero attached hydrogens (tertiary/aromatic N) is 1. The summed E-state index contributed by atoms with van der Waals surface area (Å²) in [6.45, 7) is 8.25. The van der Waals surface area contributed by atoms with Crippen LogP contribution in [0.5, 0.6) is 5.75 Å². The molecule has 3 atom stereocenters. The summed E-state index contributed by atoms with van der Waals surface area (Å²) in [4.78, 5) is 24.3. The Morgan fingerprint density at radius 2 is 2.00 bits per heavy atom. The van der Waals surface area contributed by atoms with Gasteiger partial charge in [0.15, 0.2) is 6.04 Å². The van der Waals surface area contributed by atoms with Crippen LogP contribution >= 0.6 is 0 Å². The van der Waals surface area contributed by atoms with Crippen molar-refractivity contribution in [2.75, 3.05) is 25.5 Å². The summed E-state index contributed by atoms with van der Waals surface area (Å²) in [6, 6.07) is 3.97. The van der Waals surface area contributed by atoms with Crippen molar-refractivity contribution < 1.29 is 19.4 Å². The molecule has 1 fully saturated rings. The van der Waals surface area contributed by atoms with E-state index >= 15 is 0 Å². The molecule has 7 nitrogen and oxygen atoms in total. The lowest BCUT2D eigenvalue weighted by molar-refractivity contribution is -0.925. The second-order valence-corrected chi connectivity index (χ2v) is 6.87. The predicted octanol–water partition coefficient (Wildman–Crippen LogP) is 1.49. The molecule has 0 aromatic heterocycles. The first-order chi connectivity index (χ1) is 11.3. The first-order valence-corrected chi connectivity index (χ1v) is 8.29. The highest BCUT2D eigenvalue weighted by Gasteiger charge is 2.32. The molecular formula is C17H26N3O4+. The summed E-state index contributed by atoms with van der Waals surface area (Å²) in [6.07, 6.45) is 1.19. The van der Waals surface area contributed by atoms with Crippen molar-refractivity contribution in [1.29, 1.82) is 0 Å². The van der Waals surface area contributed by atoms with Crippen molar-refractivity contribution in [2.24, 2.45) is 11.8 Å². The summed E-state index contributed by atoms with van der Waals surface area (Å²) >= 11 is 0. The van der Waals surface area contributed by atoms with Gasteiger partial charge in [0.05, 0.1) is 30.8 Å². The number of benzene rings is 1. The largest absolute Gasteiger partial charge is 0.495 e. The third kappa shape index (κ3) is 4.23. The standard InChI is InChI=1S/C17H25N3O4/c1-11-7-12(2)10-19(9-11)13(3)17(21)18-15-8-14(20(22)23)5-6-16(15)24-4/h5-6,8,11-13H,7,9-10H2,1-4H3,(H,18,21)/p+1/t11-,12-,13-/m0/s1. The van der Waals surface area contributed by atoms with E-state index in [-0.39, 0.29) is 17.6 Å². The molecular weight excluding hydrogens is 310 g/mol. The van der Waals surface area contributed by atoms with E-state index in [0.717, 1.165) is 13.1 Å². The van der Waals surface area contributed by atoms with E-state index in [1.165, 1.54) is 36.6 Å². The minimum atomic E-state index is -0.488. The average molecular weight is 336 g/mol. The van der Waals surface area contributed by atoms with Crippen molar-refractivity contribution >= 4 is 17.3 Å². The zero-order valence-corrected chi connectivity index (χ0v) is 14.7. The maximum Gasteiger partial charge on any atom is 0.282 e. The number of hydrogen-bond donors (Lipinski definition) is 2. The number of ether oxygens (including phenoxy) is 1. The number of amides is 1. The van der Waals surface area contributed by atoms with Crippen LogP contribution in [0.25, 0.3) is 0 Å². The van der Waals surface area contributed by atoms with Crippen molar-refractivity contribution in [1.82, 2.24) is 0 Å². The maximum absolute atomic E-state index is 12.6. The topological polar surface area (TPSA) is 85.9 Å². The molecule has 2 rings (SSSR count). The Balaban J connectivity index is 2.13. The van der Waals surface area contributed by atoms with Crippen LogP contribution in [0.1, 0.15) is 27.2 Å². The van der Waals surface area contributed by atoms with Crippen LogP contribution < -0.4 is 15.0 Å². The Hall–Kier alpha value is -2.15. The number of rotatable bonds is 5. The normalized spacial score (nSPS) is 24.9. The van der Waals surface area contributed by atoms with Gasteiger partial charge < -0.3 is 15.0 Å². The molecule has 0 saturated carbocycles. The second kappa shape index (κ2) is 7.61. The number of nitro groups is 1. The number of methoxy groups -OCH3 is 1. The zero-order valence-electron chi connectivity index (χ0n) is 14.7. The van der Waals surface area contributed by atoms with E-state index < -0.39 is 4.92 Å². The molecule has 132 valence electrons. The van der Waals surface area contributed by atoms with Crippen molar-refractivity contribution in [3.8, 4) is 5.75 Å². The molecule has 7 heteroatoms. The molecule has 0 radical (unpaired) electrons. The first-order valence-electron chi connectivity index (χ1n) is 8.29. The third-order valence-corrected chi connectivity index (χ3v) is 4.68. The van der Waals surface area contributed by atoms with Gasteiger partial charge in [-0.2, -0.15) is 0 Å². The van der Waals surface area contributed by atoms with Gasteiger partial charge in [0.25, 0.3) is 11.6 Å². The van der Waals surface area contributed by atoms with Crippen molar-refractivity contribution in [2.45, 2.75) is 33.2 Å². The summed E-state index contributed by atoms with van der Waals surface area (Å²) in [5.74, 6) is 1.44. The molecule has 24 heavy (non-hydrogen) atoms. The minimum absolute atomic E-state index is 0.0775. The van der Waals surface area contributed by atoms with Crippen LogP contribution in [0.3, 0.4) is 0 Å². The molecule has 0 unspecified atom stereocenters. The summed E-state index contributed by atoms with van der Waals surface area (Å²) in [5, 5.41) is 13.7. The number of carbonyl (C=O) groups excluding carboxylic acids is 1. The highest BCUT2D eigenvalue weighted by molar-refractivity contribution is 5.95. The molecule has 1 amide bonds. The lowest BCUT2D eigenvalue weighted by Crippen LogP contribution is -3.18. The predicted molar refractivity (Wildman–Crippen MR) is 91.4 cm³/mol. The smallest absolute Gasteiger partial charge is 0.282 e. The van der Waals surface area contributed by atoms with E-state index in [4.69, 9.17) is 4.74 Å². The fourth-order valence-electron chi connectivity index (χ4n) is 3.52. The van der Waals surface area contributed by atoms with Gasteiger partial charge in [-0.3, -0.25) is 14.9 Å². The molecule has 0 bridgehead atoms. The third-order valence-electron chi connectivity index (χ3n) is 4.68. The lowest BCUT2D eigenvalue weighted by atomic mass is 9.91. The Bertz CT molecular complexity index is 610. The Morgan fingerprint density at radius 3 is 2.54 bits per heavy atom. The van der Waals surface area contributed by atoms with Crippen LogP contribution in [-0.2, 0) is 4.79 Å². The number of quaternary nitrogens is 1. The first kappa shape index (κ1) is 18.2. The van der Waals surface area contributed by atoms with Crippen LogP contribution in [0.4, 0.5) is 11.4 Å². The number of non-ortho nitro benzene ring substituents is 1. The molecule has 0 aliphatic carbocycles. The Morgan fingerprint density at radius 1 is 1.38 bits per heavy atom. The average Bonchev–Trinajstić information content (AvgIpc) is 2.52. The maximum atomic E-state index is 12.6. The van der Waals surface area contributed by atoms with E-state index in [0.29, 0.717) is 23.3 Å². The van der Waals surface area contributed by atoms with Gasteiger partial charge in [-0.15, -0.1) is 0 Å². The molecule has 1 aromatic rings. The molecule has 1 aromatic carbocycles. The number of anilines is 1. The van der Waals surface area contributed by atoms with E-state index in [2.05, 4.69) is 19.2 Å². The zero-order chi connectivity index (χ0) is 17.9. The van der Waals surface area contributed by atoms with E-state index in [9.17, 15) is 14.9 Å². The highest BCUT2D eigenvalue weighted by atomic mass is 16.6. The summed E-state index contributed by atoms with van der Waals surface area (Å²) < 4.78 is 5.20. The van der Waals surface area contributed by atoms with Crippen LogP contribution in [0.15, 0.2) is 18.2 Å². The molecule has 2 N–H and O–H groups in total. The number of hydrogen-bond acceptors (Lipinski definition) is 4. The lowest BCUT2D eigenvalue weighted by Gasteiger charge is -2.35. The Kier molecular flexibility index (Phi) is 5.77. The van der Waals surface area contributed by atoms with E-state index in [1.807, 2.05) is 6.92 Å². The SMILES string of the molecule is COc1ccc([N+](=O)[O-])cc1NC(=O)[C@H](C)[NH+]1C[C@@H](C)C[C@H](C)C1. The molecule has 1 saturated heterocycles. The quantitative estimate of drug-likeness (QED) is 0.630. The number of nitro benzene ring substituents is 1. The van der Waals surface area contributed by atoms with Gasteiger partial charge in [-0.25, -0.2) is 0 Å². The minimum Gasteiger partial charge on any atom is -0.495 e. The second-order valence-electron chi connectivity index (χ2n) is 6.87. The number of likely N-dealkylation sites (tertiary alicyclic amines) is 1. The fraction of sp³-hybridized carbons (Fsp3) is 0.588. The molecule has 1 aliphatic rings. The van der Waals surface area contributed by atoms with E-state index in [1.54, 1.807) is 0 Å². The summed E-state index contributed by atoms with van der Waals surface area (Å²) in [7, 11) is 1.47. The van der Waals surface area contributed by atoms with Crippen LogP contribution in [0.2, 0.25) is 0 Å². The van der Waals surface area contributed by atoms with Crippen LogP contribution in [0, 0.1) is 22.0 Å². The number of nitrogens with one attached hydrogen (secondary N) is 2. The molecule has 1 aliphatic heterocycles. The van der Waals surface area contributed by atoms with Gasteiger partial charge in [-0.05, 0) is 19.4 Å². The van der Waals surface area contributed by atoms with Gasteiger partial charge in [0, 0.05) is 24.0 Å². The van der Waals surface area contributed by atoms with Crippen molar-refractivity contribution in [3.63, 3.8) is 0 Å². The van der Waals surface area contributed by atoms with Crippen molar-refractivity contribution in [3.05, 3.63) is 28.3 Å². The molecule has 1 heterocycles. The van der Waals surface area contributed by atoms with Gasteiger partial charge in [-0.1, -0.05) is 13.8 Å². The summed E-state index contributed by atoms with van der Waals surface area (Å²) in [5.41, 5.74) is 0.257. The highest BCUT2D eigenvalue weighted by Crippen LogP contribution is 2.28. The van der Waals surface area contributed by atoms with Crippen LogP contribution in [-0.4, -0.2) is 37.1 Å². The monoisotopic (exact) mass is 336 g/mol. The number of piperidine rings is 1. The van der Waals surface area contributed by atoms with Gasteiger partial charge in [0.2, 0.25) is 0 Å².